The highest BCUT2D eigenvalue weighted by atomic mass is 16.6. The first kappa shape index (κ1) is 14.0. The van der Waals surface area contributed by atoms with E-state index in [1.54, 1.807) is 12.1 Å². The van der Waals surface area contributed by atoms with Crippen LogP contribution >= 0.6 is 0 Å². The molecule has 2 aliphatic heterocycles. The molecule has 3 atom stereocenters. The number of nitrogens with zero attached hydrogens (tertiary/aromatic N) is 1. The molecule has 0 radical (unpaired) electrons. The van der Waals surface area contributed by atoms with Crippen LogP contribution in [0.3, 0.4) is 0 Å². The van der Waals surface area contributed by atoms with E-state index in [1.165, 1.54) is 32.1 Å². The summed E-state index contributed by atoms with van der Waals surface area (Å²) < 4.78 is 6.00. The molecule has 5 heteroatoms. The second kappa shape index (κ2) is 5.54. The second-order valence-corrected chi connectivity index (χ2v) is 6.86. The van der Waals surface area contributed by atoms with Crippen LogP contribution in [0.4, 0.5) is 11.4 Å². The highest BCUT2D eigenvalue weighted by Crippen LogP contribution is 2.48. The molecule has 0 spiro atoms. The fourth-order valence-electron chi connectivity index (χ4n) is 4.58. The molecular formula is C17H23N2O3+. The van der Waals surface area contributed by atoms with Gasteiger partial charge in [0, 0.05) is 42.0 Å². The zero-order valence-corrected chi connectivity index (χ0v) is 12.7. The quantitative estimate of drug-likeness (QED) is 0.812. The largest absolute Gasteiger partial charge is 0.381 e. The molecule has 1 saturated carbocycles. The fourth-order valence-corrected chi connectivity index (χ4v) is 4.58. The minimum absolute atomic E-state index is 0.0584. The zero-order chi connectivity index (χ0) is 15.1. The van der Waals surface area contributed by atoms with Gasteiger partial charge in [-0.2, -0.15) is 0 Å². The minimum atomic E-state index is -0.0720. The molecule has 4 rings (SSSR count). The third kappa shape index (κ3) is 2.28. The van der Waals surface area contributed by atoms with Gasteiger partial charge in [0.25, 0.3) is 4.92 Å². The van der Waals surface area contributed by atoms with Crippen LogP contribution in [-0.2, 0) is 4.74 Å². The van der Waals surface area contributed by atoms with Crippen LogP contribution in [0.25, 0.3) is 0 Å². The molecule has 22 heavy (non-hydrogen) atoms. The summed E-state index contributed by atoms with van der Waals surface area (Å²) in [7, 11) is 0. The number of ether oxygens (including phenoxy) is 1. The van der Waals surface area contributed by atoms with Crippen molar-refractivity contribution in [2.24, 2.45) is 11.8 Å². The smallest absolute Gasteiger partial charge is 0.317 e. The second-order valence-electron chi connectivity index (χ2n) is 6.86. The van der Waals surface area contributed by atoms with E-state index in [9.17, 15) is 4.91 Å². The lowest BCUT2D eigenvalue weighted by Gasteiger charge is -2.41. The van der Waals surface area contributed by atoms with Crippen molar-refractivity contribution in [3.05, 3.63) is 28.7 Å². The van der Waals surface area contributed by atoms with Crippen molar-refractivity contribution in [2.75, 3.05) is 11.9 Å². The molecule has 2 fully saturated rings. The van der Waals surface area contributed by atoms with Crippen LogP contribution in [0, 0.1) is 16.7 Å². The van der Waals surface area contributed by atoms with Crippen LogP contribution in [0.1, 0.15) is 50.2 Å². The highest BCUT2D eigenvalue weighted by Gasteiger charge is 2.44. The van der Waals surface area contributed by atoms with E-state index >= 15 is 0 Å². The van der Waals surface area contributed by atoms with Gasteiger partial charge < -0.3 is 10.1 Å². The first-order valence-electron chi connectivity index (χ1n) is 8.42. The Morgan fingerprint density at radius 2 is 2.00 bits per heavy atom. The van der Waals surface area contributed by atoms with Gasteiger partial charge in [0.05, 0.1) is 11.0 Å². The van der Waals surface area contributed by atoms with Crippen molar-refractivity contribution in [2.45, 2.75) is 50.7 Å². The monoisotopic (exact) mass is 303 g/mol. The molecule has 0 unspecified atom stereocenters. The third-order valence-corrected chi connectivity index (χ3v) is 5.64. The van der Waals surface area contributed by atoms with Gasteiger partial charge in [-0.3, -0.25) is 0 Å². The molecule has 0 amide bonds. The Morgan fingerprint density at radius 3 is 2.77 bits per heavy atom. The lowest BCUT2D eigenvalue weighted by atomic mass is 9.73. The van der Waals surface area contributed by atoms with Crippen LogP contribution in [0.2, 0.25) is 0 Å². The highest BCUT2D eigenvalue weighted by molar-refractivity contribution is 5.60. The van der Waals surface area contributed by atoms with Crippen LogP contribution < -0.4 is 5.32 Å². The summed E-state index contributed by atoms with van der Waals surface area (Å²) in [5.41, 5.74) is 2.34. The summed E-state index contributed by atoms with van der Waals surface area (Å²) in [6, 6.07) is 5.80. The summed E-state index contributed by atoms with van der Waals surface area (Å²) in [6.07, 6.45) is 7.78. The Labute approximate surface area is 130 Å². The summed E-state index contributed by atoms with van der Waals surface area (Å²) in [5.74, 6) is 1.20. The first-order valence-corrected chi connectivity index (χ1v) is 8.42. The Morgan fingerprint density at radius 1 is 1.18 bits per heavy atom. The van der Waals surface area contributed by atoms with Crippen molar-refractivity contribution in [1.29, 1.82) is 0 Å². The number of anilines is 1. The number of nitrogens with one attached hydrogen (secondary N) is 1. The molecule has 2 heterocycles. The lowest BCUT2D eigenvalue weighted by Crippen LogP contribution is -2.42. The predicted octanol–water partition coefficient (Wildman–Crippen LogP) is 3.94. The zero-order valence-electron chi connectivity index (χ0n) is 12.7. The van der Waals surface area contributed by atoms with E-state index in [0.717, 1.165) is 30.2 Å². The molecule has 118 valence electrons. The van der Waals surface area contributed by atoms with E-state index in [2.05, 4.69) is 5.32 Å². The van der Waals surface area contributed by atoms with Crippen molar-refractivity contribution in [1.82, 2.24) is 0 Å². The molecule has 1 aromatic carbocycles. The molecule has 0 aromatic heterocycles. The molecule has 2 N–H and O–H groups in total. The summed E-state index contributed by atoms with van der Waals surface area (Å²) in [6.45, 7) is 0.782. The predicted molar refractivity (Wildman–Crippen MR) is 82.3 cm³/mol. The lowest BCUT2D eigenvalue weighted by molar-refractivity contribution is -0.729. The van der Waals surface area contributed by atoms with Gasteiger partial charge in [0.2, 0.25) is 0 Å². The molecule has 1 saturated heterocycles. The first-order chi connectivity index (χ1) is 10.7. The van der Waals surface area contributed by atoms with Gasteiger partial charge in [-0.1, -0.05) is 19.3 Å². The number of benzene rings is 1. The Kier molecular flexibility index (Phi) is 3.53. The summed E-state index contributed by atoms with van der Waals surface area (Å²) in [4.78, 5) is 11.1. The number of fused-ring (bicyclic) bond motifs is 3. The number of hydrogen-bond donors (Lipinski definition) is 2. The maximum absolute atomic E-state index is 11.1. The van der Waals surface area contributed by atoms with Gasteiger partial charge >= 0.3 is 5.69 Å². The van der Waals surface area contributed by atoms with Gasteiger partial charge in [-0.15, -0.1) is 0 Å². The van der Waals surface area contributed by atoms with Crippen LogP contribution in [0.15, 0.2) is 18.2 Å². The molecule has 1 aromatic rings. The maximum atomic E-state index is 11.1. The SMILES string of the molecule is O=[N+](O)c1ccc2c(c1)[C@H]1OCC[C@H]1[C@@H](C1CCCCC1)N2. The van der Waals surface area contributed by atoms with E-state index in [4.69, 9.17) is 9.94 Å². The maximum Gasteiger partial charge on any atom is 0.317 e. The van der Waals surface area contributed by atoms with Gasteiger partial charge in [0.1, 0.15) is 0 Å². The summed E-state index contributed by atoms with van der Waals surface area (Å²) >= 11 is 0. The van der Waals surface area contributed by atoms with Crippen molar-refractivity contribution >= 4 is 11.4 Å². The minimum Gasteiger partial charge on any atom is -0.381 e. The molecule has 0 bridgehead atoms. The summed E-state index contributed by atoms with van der Waals surface area (Å²) in [5, 5.41) is 12.9. The van der Waals surface area contributed by atoms with E-state index in [1.807, 2.05) is 6.07 Å². The van der Waals surface area contributed by atoms with Crippen LogP contribution in [0.5, 0.6) is 0 Å². The Bertz CT molecular complexity index is 583. The van der Waals surface area contributed by atoms with Crippen molar-refractivity contribution < 1.29 is 14.9 Å². The number of rotatable bonds is 2. The topological polar surface area (TPSA) is 61.6 Å². The third-order valence-electron chi connectivity index (χ3n) is 5.64. The van der Waals surface area contributed by atoms with Crippen molar-refractivity contribution in [3.8, 4) is 0 Å². The van der Waals surface area contributed by atoms with Crippen LogP contribution in [-0.4, -0.2) is 22.8 Å². The van der Waals surface area contributed by atoms with Crippen molar-refractivity contribution in [3.63, 3.8) is 0 Å². The Balaban J connectivity index is 1.68. The van der Waals surface area contributed by atoms with E-state index in [0.29, 0.717) is 12.0 Å². The molecule has 3 aliphatic rings. The molecule has 5 nitrogen and oxygen atoms in total. The van der Waals surface area contributed by atoms with Gasteiger partial charge in [-0.25, -0.2) is 5.21 Å². The van der Waals surface area contributed by atoms with E-state index in [-0.39, 0.29) is 16.7 Å². The fraction of sp³-hybridized carbons (Fsp3) is 0.647. The Hall–Kier alpha value is -1.62. The number of hydrogen-bond acceptors (Lipinski definition) is 3. The van der Waals surface area contributed by atoms with Gasteiger partial charge in [0.15, 0.2) is 0 Å². The van der Waals surface area contributed by atoms with Gasteiger partial charge in [-0.05, 0) is 31.2 Å². The average Bonchev–Trinajstić information content (AvgIpc) is 3.04. The average molecular weight is 303 g/mol. The standard InChI is InChI=1S/C17H23N2O3/c20-19(21)12-6-7-15-14(10-12)17-13(8-9-22-17)16(18-15)11-4-2-1-3-5-11/h6-7,10-11,13,16-18H,1-5,8-9H2,(H,20,21)/q+1/t13-,16+,17-/m0/s1. The normalized spacial score (nSPS) is 31.2. The van der Waals surface area contributed by atoms with E-state index < -0.39 is 0 Å². The molecule has 1 aliphatic carbocycles. The molecular weight excluding hydrogens is 280 g/mol.